The molecule has 0 aromatic heterocycles. The van der Waals surface area contributed by atoms with Gasteiger partial charge in [0, 0.05) is 17.7 Å². The molecule has 0 fully saturated rings. The third-order valence-corrected chi connectivity index (χ3v) is 2.55. The van der Waals surface area contributed by atoms with Crippen molar-refractivity contribution < 1.29 is 19.1 Å². The van der Waals surface area contributed by atoms with Crippen molar-refractivity contribution in [2.45, 2.75) is 26.2 Å². The Bertz CT molecular complexity index is 482. The maximum Gasteiger partial charge on any atom is 0.306 e. The highest BCUT2D eigenvalue weighted by Gasteiger charge is 2.08. The molecule has 0 unspecified atom stereocenters. The molecule has 1 aromatic rings. The Morgan fingerprint density at radius 3 is 2.40 bits per heavy atom. The van der Waals surface area contributed by atoms with E-state index < -0.39 is 11.8 Å². The maximum atomic E-state index is 11.5. The number of rotatable bonds is 7. The minimum Gasteiger partial charge on any atom is -0.456 e. The molecule has 0 saturated heterocycles. The van der Waals surface area contributed by atoms with Crippen LogP contribution >= 0.6 is 0 Å². The van der Waals surface area contributed by atoms with Gasteiger partial charge in [-0.3, -0.25) is 14.4 Å². The van der Waals surface area contributed by atoms with Gasteiger partial charge >= 0.3 is 5.97 Å². The maximum absolute atomic E-state index is 11.5. The van der Waals surface area contributed by atoms with Crippen LogP contribution in [-0.4, -0.2) is 24.4 Å². The van der Waals surface area contributed by atoms with Crippen molar-refractivity contribution in [1.82, 2.24) is 0 Å². The van der Waals surface area contributed by atoms with Crippen molar-refractivity contribution in [2.24, 2.45) is 5.73 Å². The first-order valence-corrected chi connectivity index (χ1v) is 6.38. The minimum absolute atomic E-state index is 0.317. The first kappa shape index (κ1) is 15.7. The molecule has 0 aliphatic rings. The van der Waals surface area contributed by atoms with Crippen molar-refractivity contribution in [2.75, 3.05) is 11.9 Å². The summed E-state index contributed by atoms with van der Waals surface area (Å²) in [7, 11) is 0. The number of carbonyl (C=O) groups excluding carboxylic acids is 3. The summed E-state index contributed by atoms with van der Waals surface area (Å²) in [5.74, 6) is -1.35. The van der Waals surface area contributed by atoms with E-state index in [1.165, 1.54) is 12.1 Å². The molecule has 0 radical (unpaired) electrons. The summed E-state index contributed by atoms with van der Waals surface area (Å²) in [4.78, 5) is 33.6. The smallest absolute Gasteiger partial charge is 0.306 e. The van der Waals surface area contributed by atoms with Gasteiger partial charge in [0.15, 0.2) is 6.61 Å². The monoisotopic (exact) mass is 278 g/mol. The number of anilines is 1. The predicted molar refractivity (Wildman–Crippen MR) is 74.1 cm³/mol. The van der Waals surface area contributed by atoms with Gasteiger partial charge < -0.3 is 15.8 Å². The molecular weight excluding hydrogens is 260 g/mol. The molecule has 2 amide bonds. The van der Waals surface area contributed by atoms with Crippen LogP contribution in [0.3, 0.4) is 0 Å². The van der Waals surface area contributed by atoms with Crippen LogP contribution in [0.15, 0.2) is 24.3 Å². The number of hydrogen-bond donors (Lipinski definition) is 2. The molecule has 6 heteroatoms. The fraction of sp³-hybridized carbons (Fsp3) is 0.357. The van der Waals surface area contributed by atoms with E-state index in [1.54, 1.807) is 12.1 Å². The molecule has 108 valence electrons. The normalized spacial score (nSPS) is 9.85. The lowest BCUT2D eigenvalue weighted by Gasteiger charge is -2.06. The van der Waals surface area contributed by atoms with E-state index in [9.17, 15) is 14.4 Å². The van der Waals surface area contributed by atoms with Gasteiger partial charge in [0.05, 0.1) is 0 Å². The summed E-state index contributed by atoms with van der Waals surface area (Å²) in [5, 5.41) is 2.55. The molecule has 0 atom stereocenters. The van der Waals surface area contributed by atoms with E-state index in [4.69, 9.17) is 10.5 Å². The molecule has 20 heavy (non-hydrogen) atoms. The standard InChI is InChI=1S/C14H18N2O4/c1-2-3-4-13(18)20-9-12(17)16-11-7-5-10(6-8-11)14(15)19/h5-8H,2-4,9H2,1H3,(H2,15,19)(H,16,17). The SMILES string of the molecule is CCCCC(=O)OCC(=O)Nc1ccc(C(N)=O)cc1. The Hall–Kier alpha value is -2.37. The number of nitrogens with one attached hydrogen (secondary N) is 1. The minimum atomic E-state index is -0.535. The Morgan fingerprint density at radius 1 is 1.20 bits per heavy atom. The van der Waals surface area contributed by atoms with Crippen LogP contribution in [0.1, 0.15) is 36.5 Å². The first-order chi connectivity index (χ1) is 9.52. The molecule has 1 aromatic carbocycles. The van der Waals surface area contributed by atoms with Gasteiger partial charge in [0.25, 0.3) is 5.91 Å². The van der Waals surface area contributed by atoms with Crippen LogP contribution in [0.5, 0.6) is 0 Å². The van der Waals surface area contributed by atoms with Crippen LogP contribution in [-0.2, 0) is 14.3 Å². The Morgan fingerprint density at radius 2 is 1.85 bits per heavy atom. The van der Waals surface area contributed by atoms with E-state index in [1.807, 2.05) is 6.92 Å². The lowest BCUT2D eigenvalue weighted by Crippen LogP contribution is -2.20. The van der Waals surface area contributed by atoms with E-state index in [-0.39, 0.29) is 12.6 Å². The average molecular weight is 278 g/mol. The Labute approximate surface area is 117 Å². The zero-order valence-corrected chi connectivity index (χ0v) is 11.3. The molecule has 0 aliphatic carbocycles. The van der Waals surface area contributed by atoms with Gasteiger partial charge in [-0.2, -0.15) is 0 Å². The Balaban J connectivity index is 2.38. The summed E-state index contributed by atoms with van der Waals surface area (Å²) >= 11 is 0. The summed E-state index contributed by atoms with van der Waals surface area (Å²) in [6.07, 6.45) is 1.96. The molecule has 1 rings (SSSR count). The third-order valence-electron chi connectivity index (χ3n) is 2.55. The van der Waals surface area contributed by atoms with Crippen molar-refractivity contribution in [3.8, 4) is 0 Å². The highest BCUT2D eigenvalue weighted by Crippen LogP contribution is 2.09. The number of nitrogens with two attached hydrogens (primary N) is 1. The quantitative estimate of drug-likeness (QED) is 0.737. The van der Waals surface area contributed by atoms with Gasteiger partial charge in [0.2, 0.25) is 5.91 Å². The van der Waals surface area contributed by atoms with Crippen LogP contribution in [0.25, 0.3) is 0 Å². The predicted octanol–water partition coefficient (Wildman–Crippen LogP) is 1.46. The number of primary amides is 1. The van der Waals surface area contributed by atoms with Gasteiger partial charge in [-0.1, -0.05) is 13.3 Å². The van der Waals surface area contributed by atoms with E-state index >= 15 is 0 Å². The topological polar surface area (TPSA) is 98.5 Å². The van der Waals surface area contributed by atoms with E-state index in [0.29, 0.717) is 17.7 Å². The van der Waals surface area contributed by atoms with Crippen LogP contribution < -0.4 is 11.1 Å². The number of hydrogen-bond acceptors (Lipinski definition) is 4. The second-order valence-corrected chi connectivity index (χ2v) is 4.25. The largest absolute Gasteiger partial charge is 0.456 e. The summed E-state index contributed by atoms with van der Waals surface area (Å²) in [6, 6.07) is 6.12. The Kier molecular flexibility index (Phi) is 6.22. The lowest BCUT2D eigenvalue weighted by atomic mass is 10.2. The van der Waals surface area contributed by atoms with E-state index in [0.717, 1.165) is 12.8 Å². The second kappa shape index (κ2) is 7.93. The highest BCUT2D eigenvalue weighted by molar-refractivity contribution is 5.95. The molecule has 0 heterocycles. The van der Waals surface area contributed by atoms with Crippen molar-refractivity contribution in [3.63, 3.8) is 0 Å². The third kappa shape index (κ3) is 5.51. The number of unbranched alkanes of at least 4 members (excludes halogenated alkanes) is 1. The fourth-order valence-electron chi connectivity index (χ4n) is 1.45. The molecule has 0 spiro atoms. The van der Waals surface area contributed by atoms with Gasteiger partial charge in [0.1, 0.15) is 0 Å². The zero-order valence-electron chi connectivity index (χ0n) is 11.3. The van der Waals surface area contributed by atoms with Gasteiger partial charge in [-0.15, -0.1) is 0 Å². The van der Waals surface area contributed by atoms with Gasteiger partial charge in [-0.05, 0) is 30.7 Å². The van der Waals surface area contributed by atoms with Crippen LogP contribution in [0, 0.1) is 0 Å². The summed E-state index contributed by atoms with van der Waals surface area (Å²) in [5.41, 5.74) is 5.96. The number of ether oxygens (including phenoxy) is 1. The first-order valence-electron chi connectivity index (χ1n) is 6.38. The summed E-state index contributed by atoms with van der Waals surface area (Å²) in [6.45, 7) is 1.65. The number of carbonyl (C=O) groups is 3. The number of amides is 2. The number of esters is 1. The van der Waals surface area contributed by atoms with Crippen LogP contribution in [0.2, 0.25) is 0 Å². The molecule has 0 bridgehead atoms. The lowest BCUT2D eigenvalue weighted by molar-refractivity contribution is -0.147. The fourth-order valence-corrected chi connectivity index (χ4v) is 1.45. The molecule has 0 aliphatic heterocycles. The second-order valence-electron chi connectivity index (χ2n) is 4.25. The van der Waals surface area contributed by atoms with Crippen molar-refractivity contribution in [1.29, 1.82) is 0 Å². The molecule has 0 saturated carbocycles. The van der Waals surface area contributed by atoms with Crippen LogP contribution in [0.4, 0.5) is 5.69 Å². The molecule has 3 N–H and O–H groups in total. The number of benzene rings is 1. The average Bonchev–Trinajstić information content (AvgIpc) is 2.43. The van der Waals surface area contributed by atoms with E-state index in [2.05, 4.69) is 5.32 Å². The van der Waals surface area contributed by atoms with Gasteiger partial charge in [-0.25, -0.2) is 0 Å². The van der Waals surface area contributed by atoms with Crippen molar-refractivity contribution in [3.05, 3.63) is 29.8 Å². The molecular formula is C14H18N2O4. The molecule has 6 nitrogen and oxygen atoms in total. The summed E-state index contributed by atoms with van der Waals surface area (Å²) < 4.78 is 4.81. The zero-order chi connectivity index (χ0) is 15.0. The van der Waals surface area contributed by atoms with Crippen molar-refractivity contribution >= 4 is 23.5 Å². The highest BCUT2D eigenvalue weighted by atomic mass is 16.5.